The van der Waals surface area contributed by atoms with Gasteiger partial charge in [0.2, 0.25) is 0 Å². The number of rotatable bonds is 8. The van der Waals surface area contributed by atoms with Gasteiger partial charge in [-0.05, 0) is 62.5 Å². The molecule has 4 heteroatoms. The molecule has 1 heterocycles. The molecule has 0 radical (unpaired) electrons. The highest BCUT2D eigenvalue weighted by Gasteiger charge is 2.11. The third-order valence-electron chi connectivity index (χ3n) is 3.71. The maximum atomic E-state index is 5.21. The fraction of sp³-hybridized carbons (Fsp3) is 0.471. The monoisotopic (exact) mass is 287 g/mol. The minimum Gasteiger partial charge on any atom is -0.497 e. The van der Waals surface area contributed by atoms with Gasteiger partial charge in [-0.25, -0.2) is 0 Å². The summed E-state index contributed by atoms with van der Waals surface area (Å²) in [6.45, 7) is 4.04. The van der Waals surface area contributed by atoms with Crippen LogP contribution in [0.25, 0.3) is 0 Å². The summed E-state index contributed by atoms with van der Waals surface area (Å²) in [5, 5.41) is 7.66. The van der Waals surface area contributed by atoms with Crippen LogP contribution in [0.2, 0.25) is 0 Å². The molecule has 0 aliphatic heterocycles. The average Bonchev–Trinajstić information content (AvgIpc) is 2.96. The molecule has 4 nitrogen and oxygen atoms in total. The molecule has 0 fully saturated rings. The molecule has 0 saturated carbocycles. The van der Waals surface area contributed by atoms with Crippen LogP contribution in [-0.2, 0) is 19.4 Å². The van der Waals surface area contributed by atoms with E-state index < -0.39 is 0 Å². The van der Waals surface area contributed by atoms with Crippen LogP contribution < -0.4 is 10.1 Å². The Hall–Kier alpha value is -1.81. The standard InChI is InChI=1S/C17H25N3O/c1-4-20-13-16(12-19-20)10-15(11-18-2)9-14-5-7-17(21-3)8-6-14/h5-8,12-13,15,18H,4,9-11H2,1-3H3. The van der Waals surface area contributed by atoms with E-state index in [2.05, 4.69) is 35.7 Å². The molecule has 0 aliphatic carbocycles. The van der Waals surface area contributed by atoms with Crippen LogP contribution in [0.5, 0.6) is 5.75 Å². The van der Waals surface area contributed by atoms with E-state index in [1.807, 2.05) is 30.1 Å². The van der Waals surface area contributed by atoms with E-state index in [0.29, 0.717) is 5.92 Å². The summed E-state index contributed by atoms with van der Waals surface area (Å²) in [6.07, 6.45) is 6.24. The molecule has 0 saturated heterocycles. The second-order valence-corrected chi connectivity index (χ2v) is 5.38. The van der Waals surface area contributed by atoms with Crippen LogP contribution in [0, 0.1) is 5.92 Å². The first kappa shape index (κ1) is 15.6. The van der Waals surface area contributed by atoms with Crippen molar-refractivity contribution in [1.82, 2.24) is 15.1 Å². The Kier molecular flexibility index (Phi) is 5.81. The van der Waals surface area contributed by atoms with E-state index >= 15 is 0 Å². The highest BCUT2D eigenvalue weighted by atomic mass is 16.5. The molecule has 1 aromatic heterocycles. The molecule has 2 aromatic rings. The lowest BCUT2D eigenvalue weighted by Crippen LogP contribution is -2.22. The topological polar surface area (TPSA) is 39.1 Å². The van der Waals surface area contributed by atoms with Gasteiger partial charge in [-0.3, -0.25) is 4.68 Å². The third kappa shape index (κ3) is 4.60. The van der Waals surface area contributed by atoms with Gasteiger partial charge in [0.1, 0.15) is 5.75 Å². The molecule has 0 aliphatic rings. The number of aryl methyl sites for hydroxylation is 1. The van der Waals surface area contributed by atoms with Crippen molar-refractivity contribution in [3.63, 3.8) is 0 Å². The van der Waals surface area contributed by atoms with E-state index in [1.54, 1.807) is 7.11 Å². The molecule has 1 N–H and O–H groups in total. The number of aromatic nitrogens is 2. The molecule has 2 rings (SSSR count). The second-order valence-electron chi connectivity index (χ2n) is 5.38. The maximum Gasteiger partial charge on any atom is 0.118 e. The average molecular weight is 287 g/mol. The lowest BCUT2D eigenvalue weighted by molar-refractivity contribution is 0.414. The van der Waals surface area contributed by atoms with E-state index in [-0.39, 0.29) is 0 Å². The summed E-state index contributed by atoms with van der Waals surface area (Å²) in [4.78, 5) is 0. The van der Waals surface area contributed by atoms with Crippen LogP contribution in [0.4, 0.5) is 0 Å². The van der Waals surface area contributed by atoms with Crippen LogP contribution in [0.15, 0.2) is 36.7 Å². The lowest BCUT2D eigenvalue weighted by atomic mass is 9.93. The number of hydrogen-bond acceptors (Lipinski definition) is 3. The van der Waals surface area contributed by atoms with Crippen molar-refractivity contribution >= 4 is 0 Å². The SMILES string of the molecule is CCn1cc(CC(CNC)Cc2ccc(OC)cc2)cn1. The van der Waals surface area contributed by atoms with Crippen LogP contribution in [0.3, 0.4) is 0 Å². The van der Waals surface area contributed by atoms with Crippen molar-refractivity contribution < 1.29 is 4.74 Å². The maximum absolute atomic E-state index is 5.21. The van der Waals surface area contributed by atoms with Crippen molar-refractivity contribution in [3.05, 3.63) is 47.8 Å². The Labute approximate surface area is 127 Å². The largest absolute Gasteiger partial charge is 0.497 e. The van der Waals surface area contributed by atoms with Crippen molar-refractivity contribution in [2.45, 2.75) is 26.3 Å². The first-order chi connectivity index (χ1) is 10.2. The fourth-order valence-electron chi connectivity index (χ4n) is 2.62. The van der Waals surface area contributed by atoms with Crippen molar-refractivity contribution in [3.8, 4) is 5.75 Å². The van der Waals surface area contributed by atoms with Crippen molar-refractivity contribution in [2.75, 3.05) is 20.7 Å². The quantitative estimate of drug-likeness (QED) is 0.811. The molecule has 114 valence electrons. The molecule has 0 amide bonds. The van der Waals surface area contributed by atoms with Gasteiger partial charge in [0.05, 0.1) is 13.3 Å². The molecule has 1 atom stereocenters. The summed E-state index contributed by atoms with van der Waals surface area (Å²) in [5.41, 5.74) is 2.66. The Morgan fingerprint density at radius 1 is 1.19 bits per heavy atom. The zero-order valence-electron chi connectivity index (χ0n) is 13.2. The molecular formula is C17H25N3O. The van der Waals surface area contributed by atoms with E-state index in [1.165, 1.54) is 11.1 Å². The normalized spacial score (nSPS) is 12.3. The first-order valence-electron chi connectivity index (χ1n) is 7.54. The second kappa shape index (κ2) is 7.84. The Morgan fingerprint density at radius 3 is 2.48 bits per heavy atom. The number of hydrogen-bond donors (Lipinski definition) is 1. The summed E-state index contributed by atoms with van der Waals surface area (Å²) in [6, 6.07) is 8.36. The number of benzene rings is 1. The Morgan fingerprint density at radius 2 is 1.90 bits per heavy atom. The van der Waals surface area contributed by atoms with Gasteiger partial charge in [0.15, 0.2) is 0 Å². The van der Waals surface area contributed by atoms with E-state index in [9.17, 15) is 0 Å². The smallest absolute Gasteiger partial charge is 0.118 e. The zero-order chi connectivity index (χ0) is 15.1. The summed E-state index contributed by atoms with van der Waals surface area (Å²) >= 11 is 0. The Balaban J connectivity index is 2.00. The summed E-state index contributed by atoms with van der Waals surface area (Å²) in [7, 11) is 3.71. The third-order valence-corrected chi connectivity index (χ3v) is 3.71. The summed E-state index contributed by atoms with van der Waals surface area (Å²) in [5.74, 6) is 1.48. The van der Waals surface area contributed by atoms with Gasteiger partial charge in [-0.15, -0.1) is 0 Å². The molecular weight excluding hydrogens is 262 g/mol. The molecule has 0 bridgehead atoms. The van der Waals surface area contributed by atoms with E-state index in [0.717, 1.165) is 31.7 Å². The fourth-order valence-corrected chi connectivity index (χ4v) is 2.62. The molecule has 1 unspecified atom stereocenters. The van der Waals surface area contributed by atoms with Crippen molar-refractivity contribution in [2.24, 2.45) is 5.92 Å². The minimum atomic E-state index is 0.568. The first-order valence-corrected chi connectivity index (χ1v) is 7.54. The van der Waals surface area contributed by atoms with Gasteiger partial charge in [-0.2, -0.15) is 5.10 Å². The zero-order valence-corrected chi connectivity index (χ0v) is 13.2. The summed E-state index contributed by atoms with van der Waals surface area (Å²) < 4.78 is 7.19. The molecule has 1 aromatic carbocycles. The highest BCUT2D eigenvalue weighted by Crippen LogP contribution is 2.17. The predicted molar refractivity (Wildman–Crippen MR) is 85.7 cm³/mol. The number of methoxy groups -OCH3 is 1. The lowest BCUT2D eigenvalue weighted by Gasteiger charge is -2.16. The number of nitrogens with one attached hydrogen (secondary N) is 1. The predicted octanol–water partition coefficient (Wildman–Crippen LogP) is 2.53. The Bertz CT molecular complexity index is 533. The highest BCUT2D eigenvalue weighted by molar-refractivity contribution is 5.27. The van der Waals surface area contributed by atoms with Crippen LogP contribution >= 0.6 is 0 Å². The minimum absolute atomic E-state index is 0.568. The van der Waals surface area contributed by atoms with Crippen LogP contribution in [-0.4, -0.2) is 30.5 Å². The van der Waals surface area contributed by atoms with Crippen molar-refractivity contribution in [1.29, 1.82) is 0 Å². The van der Waals surface area contributed by atoms with E-state index in [4.69, 9.17) is 4.74 Å². The number of nitrogens with zero attached hydrogens (tertiary/aromatic N) is 2. The van der Waals surface area contributed by atoms with Gasteiger partial charge in [-0.1, -0.05) is 12.1 Å². The number of ether oxygens (including phenoxy) is 1. The van der Waals surface area contributed by atoms with Gasteiger partial charge in [0.25, 0.3) is 0 Å². The molecule has 21 heavy (non-hydrogen) atoms. The van der Waals surface area contributed by atoms with Crippen LogP contribution in [0.1, 0.15) is 18.1 Å². The van der Waals surface area contributed by atoms with Gasteiger partial charge >= 0.3 is 0 Å². The van der Waals surface area contributed by atoms with Gasteiger partial charge < -0.3 is 10.1 Å². The van der Waals surface area contributed by atoms with Gasteiger partial charge in [0, 0.05) is 12.7 Å². The molecule has 0 spiro atoms.